The quantitative estimate of drug-likeness (QED) is 0.377. The Kier molecular flexibility index (Phi) is 6.41. The lowest BCUT2D eigenvalue weighted by atomic mass is 10.1. The lowest BCUT2D eigenvalue weighted by molar-refractivity contribution is -0.384. The van der Waals surface area contributed by atoms with Gasteiger partial charge in [0.2, 0.25) is 0 Å². The van der Waals surface area contributed by atoms with Crippen LogP contribution in [0.4, 0.5) is 11.4 Å². The number of anilines is 1. The zero-order valence-electron chi connectivity index (χ0n) is 16.9. The van der Waals surface area contributed by atoms with Crippen LogP contribution in [-0.4, -0.2) is 43.5 Å². The standard InChI is InChI=1S/C21H22N4O5/c1-14-18(13-22-11-10-15-4-9-19(29-2)20(12-15)30-3)21(26)24(23-14)16-5-7-17(8-6-16)25(27)28/h4-9,12-13,18H,10-11H2,1-3H3/t18-/m0/s1. The maximum atomic E-state index is 12.7. The van der Waals surface area contributed by atoms with Crippen LogP contribution >= 0.6 is 0 Å². The Labute approximate surface area is 173 Å². The fourth-order valence-electron chi connectivity index (χ4n) is 3.06. The molecule has 0 bridgehead atoms. The van der Waals surface area contributed by atoms with Crippen LogP contribution in [0.2, 0.25) is 0 Å². The highest BCUT2D eigenvalue weighted by Crippen LogP contribution is 2.28. The van der Waals surface area contributed by atoms with Crippen LogP contribution in [0, 0.1) is 16.0 Å². The Morgan fingerprint density at radius 1 is 1.17 bits per heavy atom. The van der Waals surface area contributed by atoms with E-state index in [4.69, 9.17) is 9.47 Å². The highest BCUT2D eigenvalue weighted by atomic mass is 16.6. The number of amides is 1. The SMILES string of the molecule is COc1ccc(CCN=C[C@@H]2C(=O)N(c3ccc([N+](=O)[O-])cc3)N=C2C)cc1OC. The van der Waals surface area contributed by atoms with E-state index in [9.17, 15) is 14.9 Å². The van der Waals surface area contributed by atoms with E-state index < -0.39 is 10.8 Å². The van der Waals surface area contributed by atoms with Gasteiger partial charge in [-0.05, 0) is 43.2 Å². The molecule has 1 atom stereocenters. The first-order valence-electron chi connectivity index (χ1n) is 9.29. The second kappa shape index (κ2) is 9.17. The summed E-state index contributed by atoms with van der Waals surface area (Å²) < 4.78 is 10.5. The molecule has 0 radical (unpaired) electrons. The molecule has 2 aromatic carbocycles. The van der Waals surface area contributed by atoms with Gasteiger partial charge in [0.25, 0.3) is 11.6 Å². The Balaban J connectivity index is 1.62. The van der Waals surface area contributed by atoms with E-state index in [0.29, 0.717) is 35.9 Å². The van der Waals surface area contributed by atoms with Gasteiger partial charge in [0.05, 0.1) is 30.5 Å². The third-order valence-corrected chi connectivity index (χ3v) is 4.72. The number of carbonyl (C=O) groups is 1. The molecule has 0 aromatic heterocycles. The Bertz CT molecular complexity index is 1000. The van der Waals surface area contributed by atoms with Crippen LogP contribution in [0.15, 0.2) is 52.6 Å². The largest absolute Gasteiger partial charge is 0.493 e. The molecule has 1 amide bonds. The van der Waals surface area contributed by atoms with Crippen LogP contribution in [-0.2, 0) is 11.2 Å². The number of benzene rings is 2. The number of non-ortho nitro benzene ring substituents is 1. The van der Waals surface area contributed by atoms with Crippen LogP contribution in [0.1, 0.15) is 12.5 Å². The van der Waals surface area contributed by atoms with Gasteiger partial charge in [-0.25, -0.2) is 0 Å². The number of hydrogen-bond donors (Lipinski definition) is 0. The first-order chi connectivity index (χ1) is 14.4. The first-order valence-corrected chi connectivity index (χ1v) is 9.29. The number of nitro groups is 1. The summed E-state index contributed by atoms with van der Waals surface area (Å²) >= 11 is 0. The minimum atomic E-state index is -0.550. The first kappa shape index (κ1) is 21.0. The van der Waals surface area contributed by atoms with Gasteiger partial charge in [-0.2, -0.15) is 10.1 Å². The average molecular weight is 410 g/mol. The summed E-state index contributed by atoms with van der Waals surface area (Å²) in [6.45, 7) is 2.26. The number of nitrogens with zero attached hydrogens (tertiary/aromatic N) is 4. The molecule has 0 saturated carbocycles. The predicted molar refractivity (Wildman–Crippen MR) is 114 cm³/mol. The van der Waals surface area contributed by atoms with Crippen LogP contribution in [0.25, 0.3) is 0 Å². The number of nitro benzene ring substituents is 1. The molecule has 1 aliphatic rings. The van der Waals surface area contributed by atoms with Crippen LogP contribution in [0.5, 0.6) is 11.5 Å². The van der Waals surface area contributed by atoms with Crippen molar-refractivity contribution in [1.82, 2.24) is 0 Å². The van der Waals surface area contributed by atoms with Crippen molar-refractivity contribution in [3.63, 3.8) is 0 Å². The van der Waals surface area contributed by atoms with E-state index >= 15 is 0 Å². The number of carbonyl (C=O) groups excluding carboxylic acids is 1. The number of methoxy groups -OCH3 is 2. The number of hydrazone groups is 1. The molecule has 0 unspecified atom stereocenters. The van der Waals surface area contributed by atoms with Crippen molar-refractivity contribution >= 4 is 29.2 Å². The summed E-state index contributed by atoms with van der Waals surface area (Å²) in [6, 6.07) is 11.4. The smallest absolute Gasteiger partial charge is 0.269 e. The fourth-order valence-corrected chi connectivity index (χ4v) is 3.06. The summed E-state index contributed by atoms with van der Waals surface area (Å²) in [5.41, 5.74) is 2.10. The molecule has 0 aliphatic carbocycles. The summed E-state index contributed by atoms with van der Waals surface area (Å²) in [5.74, 6) is 0.535. The van der Waals surface area contributed by atoms with E-state index in [-0.39, 0.29) is 11.6 Å². The lowest BCUT2D eigenvalue weighted by Gasteiger charge is -2.12. The predicted octanol–water partition coefficient (Wildman–Crippen LogP) is 3.26. The maximum absolute atomic E-state index is 12.7. The molecular weight excluding hydrogens is 388 g/mol. The highest BCUT2D eigenvalue weighted by Gasteiger charge is 2.33. The summed E-state index contributed by atoms with van der Waals surface area (Å²) in [7, 11) is 3.18. The molecule has 3 rings (SSSR count). The molecule has 9 heteroatoms. The summed E-state index contributed by atoms with van der Waals surface area (Å²) in [6.07, 6.45) is 2.29. The third-order valence-electron chi connectivity index (χ3n) is 4.72. The molecule has 1 heterocycles. The van der Waals surface area contributed by atoms with Gasteiger partial charge in [-0.1, -0.05) is 6.07 Å². The molecular formula is C21H22N4O5. The van der Waals surface area contributed by atoms with Crippen molar-refractivity contribution in [3.8, 4) is 11.5 Å². The lowest BCUT2D eigenvalue weighted by Crippen LogP contribution is -2.28. The van der Waals surface area contributed by atoms with Crippen molar-refractivity contribution in [2.45, 2.75) is 13.3 Å². The molecule has 156 valence electrons. The van der Waals surface area contributed by atoms with E-state index in [0.717, 1.165) is 5.56 Å². The molecule has 0 spiro atoms. The molecule has 0 saturated heterocycles. The van der Waals surface area contributed by atoms with Gasteiger partial charge in [0, 0.05) is 24.9 Å². The summed E-state index contributed by atoms with van der Waals surface area (Å²) in [4.78, 5) is 27.4. The molecule has 0 N–H and O–H groups in total. The Morgan fingerprint density at radius 3 is 2.50 bits per heavy atom. The van der Waals surface area contributed by atoms with Gasteiger partial charge >= 0.3 is 0 Å². The van der Waals surface area contributed by atoms with E-state index in [1.54, 1.807) is 27.4 Å². The van der Waals surface area contributed by atoms with E-state index in [1.165, 1.54) is 29.3 Å². The fraction of sp³-hybridized carbons (Fsp3) is 0.286. The molecule has 9 nitrogen and oxygen atoms in total. The Morgan fingerprint density at radius 2 is 1.87 bits per heavy atom. The maximum Gasteiger partial charge on any atom is 0.269 e. The van der Waals surface area contributed by atoms with Crippen molar-refractivity contribution in [2.24, 2.45) is 16.0 Å². The third kappa shape index (κ3) is 4.45. The zero-order chi connectivity index (χ0) is 21.7. The molecule has 30 heavy (non-hydrogen) atoms. The van der Waals surface area contributed by atoms with Crippen molar-refractivity contribution in [2.75, 3.05) is 25.8 Å². The van der Waals surface area contributed by atoms with Gasteiger partial charge in [0.1, 0.15) is 5.92 Å². The number of ether oxygens (including phenoxy) is 2. The number of hydrogen-bond acceptors (Lipinski definition) is 7. The van der Waals surface area contributed by atoms with Crippen molar-refractivity contribution in [3.05, 3.63) is 58.1 Å². The number of rotatable bonds is 8. The minimum absolute atomic E-state index is 0.0422. The van der Waals surface area contributed by atoms with Crippen LogP contribution in [0.3, 0.4) is 0 Å². The van der Waals surface area contributed by atoms with Gasteiger partial charge in [-0.3, -0.25) is 19.9 Å². The minimum Gasteiger partial charge on any atom is -0.493 e. The highest BCUT2D eigenvalue weighted by molar-refractivity contribution is 6.23. The Hall–Kier alpha value is -3.75. The average Bonchev–Trinajstić information content (AvgIpc) is 3.04. The summed E-state index contributed by atoms with van der Waals surface area (Å²) in [5, 5.41) is 16.3. The van der Waals surface area contributed by atoms with Gasteiger partial charge in [0.15, 0.2) is 11.5 Å². The molecule has 1 aliphatic heterocycles. The number of aliphatic imine (C=N–C) groups is 1. The van der Waals surface area contributed by atoms with E-state index in [2.05, 4.69) is 10.1 Å². The topological polar surface area (TPSA) is 107 Å². The van der Waals surface area contributed by atoms with Crippen molar-refractivity contribution < 1.29 is 19.2 Å². The second-order valence-corrected chi connectivity index (χ2v) is 6.64. The zero-order valence-corrected chi connectivity index (χ0v) is 16.9. The second-order valence-electron chi connectivity index (χ2n) is 6.64. The normalized spacial score (nSPS) is 16.1. The van der Waals surface area contributed by atoms with Crippen molar-refractivity contribution in [1.29, 1.82) is 0 Å². The van der Waals surface area contributed by atoms with Gasteiger partial charge < -0.3 is 9.47 Å². The van der Waals surface area contributed by atoms with Gasteiger partial charge in [-0.15, -0.1) is 0 Å². The molecule has 0 fully saturated rings. The monoisotopic (exact) mass is 410 g/mol. The van der Waals surface area contributed by atoms with E-state index in [1.807, 2.05) is 18.2 Å². The van der Waals surface area contributed by atoms with Crippen LogP contribution < -0.4 is 14.5 Å². The molecule has 2 aromatic rings.